The summed E-state index contributed by atoms with van der Waals surface area (Å²) in [6, 6.07) is 6.78. The molecule has 0 spiro atoms. The molecule has 0 radical (unpaired) electrons. The molecular formula is C10H11ClFN. The molecule has 1 atom stereocenters. The van der Waals surface area contributed by atoms with Crippen LogP contribution in [0.2, 0.25) is 0 Å². The Morgan fingerprint density at radius 2 is 2.31 bits per heavy atom. The smallest absolute Gasteiger partial charge is 0.123 e. The zero-order valence-electron chi connectivity index (χ0n) is 7.21. The molecule has 1 fully saturated rings. The van der Waals surface area contributed by atoms with Gasteiger partial charge in [-0.15, -0.1) is 0 Å². The van der Waals surface area contributed by atoms with Crippen LogP contribution >= 0.6 is 11.8 Å². The average Bonchev–Trinajstić information content (AvgIpc) is 2.52. The van der Waals surface area contributed by atoms with E-state index in [-0.39, 0.29) is 5.82 Å². The van der Waals surface area contributed by atoms with Crippen molar-refractivity contribution in [3.63, 3.8) is 0 Å². The van der Waals surface area contributed by atoms with Crippen LogP contribution in [0.1, 0.15) is 17.9 Å². The predicted octanol–water partition coefficient (Wildman–Crippen LogP) is 2.77. The number of hydrogen-bond donors (Lipinski definition) is 0. The van der Waals surface area contributed by atoms with Gasteiger partial charge in [0.25, 0.3) is 0 Å². The van der Waals surface area contributed by atoms with Crippen molar-refractivity contribution in [1.82, 2.24) is 4.42 Å². The van der Waals surface area contributed by atoms with Crippen LogP contribution in [0, 0.1) is 5.82 Å². The van der Waals surface area contributed by atoms with E-state index < -0.39 is 0 Å². The van der Waals surface area contributed by atoms with Crippen molar-refractivity contribution in [3.05, 3.63) is 35.6 Å². The summed E-state index contributed by atoms with van der Waals surface area (Å²) in [6.45, 7) is 1.72. The molecule has 1 nitrogen and oxygen atoms in total. The first-order valence-electron chi connectivity index (χ1n) is 4.42. The predicted molar refractivity (Wildman–Crippen MR) is 51.2 cm³/mol. The topological polar surface area (TPSA) is 3.24 Å². The monoisotopic (exact) mass is 199 g/mol. The number of hydrogen-bond acceptors (Lipinski definition) is 1. The second-order valence-electron chi connectivity index (χ2n) is 3.41. The lowest BCUT2D eigenvalue weighted by molar-refractivity contribution is 0.555. The Labute approximate surface area is 82.2 Å². The van der Waals surface area contributed by atoms with Gasteiger partial charge in [0.2, 0.25) is 0 Å². The molecular weight excluding hydrogens is 189 g/mol. The fourth-order valence-electron chi connectivity index (χ4n) is 1.75. The Hall–Kier alpha value is -0.600. The highest BCUT2D eigenvalue weighted by molar-refractivity contribution is 6.13. The molecule has 1 aliphatic heterocycles. The Balaban J connectivity index is 2.16. The van der Waals surface area contributed by atoms with Crippen LogP contribution in [-0.4, -0.2) is 17.5 Å². The molecule has 0 amide bonds. The normalized spacial score (nSPS) is 23.7. The van der Waals surface area contributed by atoms with E-state index in [0.29, 0.717) is 5.92 Å². The second kappa shape index (κ2) is 3.64. The summed E-state index contributed by atoms with van der Waals surface area (Å²) in [7, 11) is 0. The Bertz CT molecular complexity index is 303. The van der Waals surface area contributed by atoms with Gasteiger partial charge >= 0.3 is 0 Å². The minimum atomic E-state index is -0.162. The van der Waals surface area contributed by atoms with Gasteiger partial charge in [-0.25, -0.2) is 8.81 Å². The first kappa shape index (κ1) is 8.97. The minimum Gasteiger partial charge on any atom is -0.220 e. The van der Waals surface area contributed by atoms with E-state index in [1.54, 1.807) is 16.6 Å². The van der Waals surface area contributed by atoms with Crippen molar-refractivity contribution >= 4 is 11.8 Å². The van der Waals surface area contributed by atoms with Gasteiger partial charge in [-0.3, -0.25) is 0 Å². The van der Waals surface area contributed by atoms with Gasteiger partial charge < -0.3 is 0 Å². The van der Waals surface area contributed by atoms with Crippen LogP contribution in [0.5, 0.6) is 0 Å². The van der Waals surface area contributed by atoms with Crippen LogP contribution < -0.4 is 0 Å². The lowest BCUT2D eigenvalue weighted by Crippen LogP contribution is -2.06. The standard InChI is InChI=1S/C10H11ClFN/c11-13-5-4-9(7-13)8-2-1-3-10(12)6-8/h1-3,6,9H,4-5,7H2. The molecule has 1 heterocycles. The summed E-state index contributed by atoms with van der Waals surface area (Å²) in [5, 5.41) is 0. The van der Waals surface area contributed by atoms with Gasteiger partial charge in [0.15, 0.2) is 0 Å². The zero-order valence-corrected chi connectivity index (χ0v) is 7.97. The van der Waals surface area contributed by atoms with Crippen LogP contribution in [0.4, 0.5) is 4.39 Å². The molecule has 1 saturated heterocycles. The Morgan fingerprint density at radius 1 is 1.46 bits per heavy atom. The van der Waals surface area contributed by atoms with Gasteiger partial charge in [0.05, 0.1) is 0 Å². The van der Waals surface area contributed by atoms with Crippen LogP contribution in [0.25, 0.3) is 0 Å². The van der Waals surface area contributed by atoms with E-state index in [9.17, 15) is 4.39 Å². The fraction of sp³-hybridized carbons (Fsp3) is 0.400. The van der Waals surface area contributed by atoms with E-state index in [1.807, 2.05) is 6.07 Å². The van der Waals surface area contributed by atoms with Crippen molar-refractivity contribution in [2.75, 3.05) is 13.1 Å². The minimum absolute atomic E-state index is 0.162. The second-order valence-corrected chi connectivity index (χ2v) is 3.89. The zero-order chi connectivity index (χ0) is 9.26. The van der Waals surface area contributed by atoms with Crippen molar-refractivity contribution in [1.29, 1.82) is 0 Å². The van der Waals surface area contributed by atoms with E-state index in [2.05, 4.69) is 0 Å². The van der Waals surface area contributed by atoms with Crippen molar-refractivity contribution in [3.8, 4) is 0 Å². The van der Waals surface area contributed by atoms with Crippen LogP contribution in [-0.2, 0) is 0 Å². The molecule has 0 N–H and O–H groups in total. The summed E-state index contributed by atoms with van der Waals surface area (Å²) in [5.41, 5.74) is 1.06. The third-order valence-corrected chi connectivity index (χ3v) is 2.77. The van der Waals surface area contributed by atoms with Crippen molar-refractivity contribution in [2.45, 2.75) is 12.3 Å². The highest BCUT2D eigenvalue weighted by atomic mass is 35.5. The maximum Gasteiger partial charge on any atom is 0.123 e. The summed E-state index contributed by atoms with van der Waals surface area (Å²) in [5.74, 6) is 0.235. The first-order chi connectivity index (χ1) is 6.25. The van der Waals surface area contributed by atoms with Gasteiger partial charge in [-0.2, -0.15) is 0 Å². The van der Waals surface area contributed by atoms with Crippen LogP contribution in [0.3, 0.4) is 0 Å². The molecule has 3 heteroatoms. The van der Waals surface area contributed by atoms with Crippen molar-refractivity contribution < 1.29 is 4.39 Å². The number of benzene rings is 1. The molecule has 2 rings (SSSR count). The summed E-state index contributed by atoms with van der Waals surface area (Å²) in [4.78, 5) is 0. The Morgan fingerprint density at radius 3 is 2.92 bits per heavy atom. The van der Waals surface area contributed by atoms with E-state index >= 15 is 0 Å². The maximum atomic E-state index is 12.9. The molecule has 1 unspecified atom stereocenters. The van der Waals surface area contributed by atoms with Gasteiger partial charge in [-0.1, -0.05) is 12.1 Å². The first-order valence-corrected chi connectivity index (χ1v) is 4.76. The molecule has 1 aromatic rings. The lowest BCUT2D eigenvalue weighted by atomic mass is 9.99. The highest BCUT2D eigenvalue weighted by Gasteiger charge is 2.22. The SMILES string of the molecule is Fc1cccc(C2CCN(Cl)C2)c1. The highest BCUT2D eigenvalue weighted by Crippen LogP contribution is 2.28. The molecule has 0 aliphatic carbocycles. The largest absolute Gasteiger partial charge is 0.220 e. The molecule has 0 saturated carbocycles. The van der Waals surface area contributed by atoms with Crippen LogP contribution in [0.15, 0.2) is 24.3 Å². The van der Waals surface area contributed by atoms with E-state index in [1.165, 1.54) is 6.07 Å². The van der Waals surface area contributed by atoms with Gasteiger partial charge in [0, 0.05) is 13.1 Å². The average molecular weight is 200 g/mol. The van der Waals surface area contributed by atoms with Gasteiger partial charge in [-0.05, 0) is 41.8 Å². The molecule has 1 aromatic carbocycles. The third-order valence-electron chi connectivity index (χ3n) is 2.46. The number of nitrogens with zero attached hydrogens (tertiary/aromatic N) is 1. The molecule has 0 aromatic heterocycles. The third kappa shape index (κ3) is 2.01. The molecule has 70 valence electrons. The summed E-state index contributed by atoms with van der Waals surface area (Å²) >= 11 is 5.84. The Kier molecular flexibility index (Phi) is 2.51. The van der Waals surface area contributed by atoms with E-state index in [4.69, 9.17) is 11.8 Å². The lowest BCUT2D eigenvalue weighted by Gasteiger charge is -2.08. The number of rotatable bonds is 1. The molecule has 0 bridgehead atoms. The summed E-state index contributed by atoms with van der Waals surface area (Å²) in [6.07, 6.45) is 1.02. The van der Waals surface area contributed by atoms with Crippen molar-refractivity contribution in [2.24, 2.45) is 0 Å². The molecule has 13 heavy (non-hydrogen) atoms. The fourth-order valence-corrected chi connectivity index (χ4v) is 2.01. The summed E-state index contributed by atoms with van der Waals surface area (Å²) < 4.78 is 14.6. The molecule has 1 aliphatic rings. The number of halogens is 2. The van der Waals surface area contributed by atoms with Gasteiger partial charge in [0.1, 0.15) is 5.82 Å². The maximum absolute atomic E-state index is 12.9. The quantitative estimate of drug-likeness (QED) is 0.629. The van der Waals surface area contributed by atoms with E-state index in [0.717, 1.165) is 25.1 Å².